The Morgan fingerprint density at radius 3 is 2.21 bits per heavy atom. The second-order valence-corrected chi connectivity index (χ2v) is 7.52. The minimum Gasteiger partial charge on any atom is -0.493 e. The van der Waals surface area contributed by atoms with Gasteiger partial charge in [-0.05, 0) is 25.9 Å². The molecule has 0 atom stereocenters. The fourth-order valence-corrected chi connectivity index (χ4v) is 3.38. The summed E-state index contributed by atoms with van der Waals surface area (Å²) < 4.78 is 61.8. The van der Waals surface area contributed by atoms with Crippen LogP contribution in [0, 0.1) is 0 Å². The molecule has 29 heavy (non-hydrogen) atoms. The van der Waals surface area contributed by atoms with Crippen molar-refractivity contribution in [2.75, 3.05) is 33.0 Å². The number of allylic oxidation sites excluding steroid dienone is 1. The van der Waals surface area contributed by atoms with Crippen molar-refractivity contribution in [1.29, 1.82) is 0 Å². The first kappa shape index (κ1) is 27.0. The van der Waals surface area contributed by atoms with Gasteiger partial charge in [0.15, 0.2) is 18.5 Å². The number of aryl methyl sites for hydroxylation is 1. The predicted octanol–water partition coefficient (Wildman–Crippen LogP) is 3.09. The number of alkyl halides is 3. The number of rotatable bonds is 10. The maximum absolute atomic E-state index is 12.3. The summed E-state index contributed by atoms with van der Waals surface area (Å²) in [5.74, 6) is -1.33. The molecule has 0 saturated heterocycles. The van der Waals surface area contributed by atoms with Gasteiger partial charge in [0.2, 0.25) is 0 Å². The molecule has 1 amide bonds. The quantitative estimate of drug-likeness (QED) is 0.340. The Morgan fingerprint density at radius 1 is 1.28 bits per heavy atom. The molecule has 166 valence electrons. The van der Waals surface area contributed by atoms with Crippen molar-refractivity contribution in [2.45, 2.75) is 33.5 Å². The zero-order valence-electron chi connectivity index (χ0n) is 17.0. The van der Waals surface area contributed by atoms with E-state index in [1.807, 2.05) is 6.92 Å². The summed E-state index contributed by atoms with van der Waals surface area (Å²) in [5, 5.41) is 6.83. The molecule has 1 aromatic rings. The Kier molecular flexibility index (Phi) is 12.4. The zero-order chi connectivity index (χ0) is 22.5. The lowest BCUT2D eigenvalue weighted by Gasteiger charge is -2.14. The van der Waals surface area contributed by atoms with Crippen molar-refractivity contribution >= 4 is 13.5 Å². The van der Waals surface area contributed by atoms with Crippen LogP contribution in [0.3, 0.4) is 0 Å². The van der Waals surface area contributed by atoms with Crippen LogP contribution in [0.15, 0.2) is 30.8 Å². The second-order valence-electron chi connectivity index (χ2n) is 5.33. The maximum Gasteiger partial charge on any atom is 0.448 e. The molecule has 0 aliphatic rings. The number of methoxy groups -OCH3 is 1. The van der Waals surface area contributed by atoms with Crippen LogP contribution in [0.25, 0.3) is 0 Å². The topological polar surface area (TPSA) is 90.6 Å². The summed E-state index contributed by atoms with van der Waals surface area (Å²) in [7, 11) is -2.14. The van der Waals surface area contributed by atoms with E-state index in [0.29, 0.717) is 31.9 Å². The third-order valence-electron chi connectivity index (χ3n) is 3.19. The molecule has 0 aliphatic heterocycles. The summed E-state index contributed by atoms with van der Waals surface area (Å²) in [6.45, 7) is 9.65. The van der Waals surface area contributed by atoms with Crippen LogP contribution < -0.4 is 10.00 Å². The summed E-state index contributed by atoms with van der Waals surface area (Å²) >= 11 is 0. The van der Waals surface area contributed by atoms with Gasteiger partial charge in [-0.3, -0.25) is 9.36 Å². The fourth-order valence-electron chi connectivity index (χ4n) is 1.81. The smallest absolute Gasteiger partial charge is 0.448 e. The van der Waals surface area contributed by atoms with Crippen LogP contribution >= 0.6 is 7.60 Å². The average molecular weight is 442 g/mol. The van der Waals surface area contributed by atoms with Gasteiger partial charge in [0.05, 0.1) is 25.9 Å². The van der Waals surface area contributed by atoms with Crippen molar-refractivity contribution in [3.8, 4) is 0 Å². The first-order valence-electron chi connectivity index (χ1n) is 8.85. The molecule has 0 aromatic carbocycles. The number of carbonyl (C=O) groups is 1. The number of ether oxygens (including phenoxy) is 1. The first-order chi connectivity index (χ1) is 13.5. The Hall–Kier alpha value is -1.97. The molecule has 1 rings (SSSR count). The molecule has 12 heteroatoms. The lowest BCUT2D eigenvalue weighted by molar-refractivity contribution is -0.750. The maximum atomic E-state index is 12.3. The van der Waals surface area contributed by atoms with E-state index in [0.717, 1.165) is 7.11 Å². The Bertz CT molecular complexity index is 674. The summed E-state index contributed by atoms with van der Waals surface area (Å²) in [5.41, 5.74) is 0.492. The molecule has 0 radical (unpaired) electrons. The first-order valence-corrected chi connectivity index (χ1v) is 10.6. The van der Waals surface area contributed by atoms with Crippen LogP contribution in [0.1, 0.15) is 31.1 Å². The SMILES string of the molecule is C=C(OC)C(F)(F)F.CCNC(=O)c1cc[n+](CCP(=O)(OCC)OCC)nc1. The van der Waals surface area contributed by atoms with E-state index < -0.39 is 19.5 Å². The average Bonchev–Trinajstić information content (AvgIpc) is 2.66. The normalized spacial score (nSPS) is 11.3. The van der Waals surface area contributed by atoms with Crippen molar-refractivity contribution < 1.29 is 41.0 Å². The van der Waals surface area contributed by atoms with Crippen LogP contribution in [-0.2, 0) is 24.9 Å². The number of amides is 1. The molecular weight excluding hydrogens is 414 g/mol. The minimum absolute atomic E-state index is 0.161. The Morgan fingerprint density at radius 2 is 1.86 bits per heavy atom. The number of hydrogen-bond acceptors (Lipinski definition) is 6. The van der Waals surface area contributed by atoms with E-state index in [1.165, 1.54) is 6.20 Å². The van der Waals surface area contributed by atoms with Crippen molar-refractivity contribution in [2.24, 2.45) is 0 Å². The molecule has 0 bridgehead atoms. The zero-order valence-corrected chi connectivity index (χ0v) is 17.9. The van der Waals surface area contributed by atoms with Gasteiger partial charge in [-0.1, -0.05) is 11.3 Å². The molecule has 8 nitrogen and oxygen atoms in total. The number of nitrogens with one attached hydrogen (secondary N) is 1. The standard InChI is InChI=1S/C13H22N3O4P.C4H5F3O/c1-4-14-13(17)12-7-8-16(15-11-12)9-10-21(18,19-5-2)20-6-3;1-3(8-2)4(5,6)7/h7-8,11H,4-6,9-10H2,1-3H3;1H2,2H3/p+1. The number of aromatic nitrogens is 2. The van der Waals surface area contributed by atoms with Gasteiger partial charge in [0.25, 0.3) is 5.91 Å². The van der Waals surface area contributed by atoms with Crippen molar-refractivity contribution in [1.82, 2.24) is 10.4 Å². The molecule has 0 aliphatic carbocycles. The van der Waals surface area contributed by atoms with Gasteiger partial charge >= 0.3 is 13.8 Å². The van der Waals surface area contributed by atoms with Crippen LogP contribution in [0.5, 0.6) is 0 Å². The van der Waals surface area contributed by atoms with E-state index in [4.69, 9.17) is 9.05 Å². The van der Waals surface area contributed by atoms with E-state index >= 15 is 0 Å². The van der Waals surface area contributed by atoms with Gasteiger partial charge in [-0.25, -0.2) is 0 Å². The molecule has 1 heterocycles. The van der Waals surface area contributed by atoms with Crippen molar-refractivity contribution in [3.63, 3.8) is 0 Å². The predicted molar refractivity (Wildman–Crippen MR) is 100 cm³/mol. The van der Waals surface area contributed by atoms with Gasteiger partial charge in [-0.2, -0.15) is 13.2 Å². The lowest BCUT2D eigenvalue weighted by atomic mass is 10.3. The molecule has 0 fully saturated rings. The molecule has 1 N–H and O–H groups in total. The molecule has 1 aromatic heterocycles. The number of carbonyl (C=O) groups excluding carboxylic acids is 1. The minimum atomic E-state index is -4.41. The highest BCUT2D eigenvalue weighted by molar-refractivity contribution is 7.53. The van der Waals surface area contributed by atoms with Crippen LogP contribution in [0.4, 0.5) is 13.2 Å². The van der Waals surface area contributed by atoms with E-state index in [9.17, 15) is 22.5 Å². The fraction of sp³-hybridized carbons (Fsp3) is 0.588. The van der Waals surface area contributed by atoms with E-state index in [-0.39, 0.29) is 12.1 Å². The third kappa shape index (κ3) is 11.0. The van der Waals surface area contributed by atoms with Crippen LogP contribution in [0.2, 0.25) is 0 Å². The lowest BCUT2D eigenvalue weighted by Crippen LogP contribution is -2.40. The monoisotopic (exact) mass is 442 g/mol. The Labute approximate surface area is 168 Å². The molecule has 0 unspecified atom stereocenters. The molecular formula is C17H28F3N3O5P+. The van der Waals surface area contributed by atoms with Gasteiger partial charge in [-0.15, -0.1) is 0 Å². The largest absolute Gasteiger partial charge is 0.493 e. The highest BCUT2D eigenvalue weighted by Gasteiger charge is 2.33. The van der Waals surface area contributed by atoms with E-state index in [2.05, 4.69) is 21.7 Å². The summed E-state index contributed by atoms with van der Waals surface area (Å²) in [6, 6.07) is 1.67. The highest BCUT2D eigenvalue weighted by Crippen LogP contribution is 2.47. The third-order valence-corrected chi connectivity index (χ3v) is 5.24. The number of nitrogens with zero attached hydrogens (tertiary/aromatic N) is 2. The van der Waals surface area contributed by atoms with E-state index in [1.54, 1.807) is 30.8 Å². The number of halogens is 3. The Balaban J connectivity index is 0.000000828. The van der Waals surface area contributed by atoms with Gasteiger partial charge < -0.3 is 19.1 Å². The summed E-state index contributed by atoms with van der Waals surface area (Å²) in [4.78, 5) is 11.6. The molecule has 0 saturated carbocycles. The number of hydrogen-bond donors (Lipinski definition) is 1. The van der Waals surface area contributed by atoms with Crippen molar-refractivity contribution in [3.05, 3.63) is 36.4 Å². The van der Waals surface area contributed by atoms with Crippen LogP contribution in [-0.4, -0.2) is 50.2 Å². The molecule has 0 spiro atoms. The second kappa shape index (κ2) is 13.3. The summed E-state index contributed by atoms with van der Waals surface area (Å²) in [6.07, 6.45) is -1.01. The highest BCUT2D eigenvalue weighted by atomic mass is 31.2. The van der Waals surface area contributed by atoms with Gasteiger partial charge in [0, 0.05) is 12.6 Å². The van der Waals surface area contributed by atoms with Gasteiger partial charge in [0.1, 0.15) is 12.4 Å².